The first-order chi connectivity index (χ1) is 8.27. The molecule has 1 aliphatic carbocycles. The Morgan fingerprint density at radius 2 is 2.24 bits per heavy atom. The van der Waals surface area contributed by atoms with Crippen LogP contribution in [-0.4, -0.2) is 39.3 Å². The molecule has 0 bridgehead atoms. The largest absolute Gasteiger partial charge is 0.476 e. The van der Waals surface area contributed by atoms with Crippen molar-refractivity contribution in [3.05, 3.63) is 11.4 Å². The van der Waals surface area contributed by atoms with Crippen LogP contribution in [0.25, 0.3) is 0 Å². The third kappa shape index (κ3) is 1.93. The van der Waals surface area contributed by atoms with Crippen LogP contribution in [0, 0.1) is 0 Å². The molecule has 0 radical (unpaired) electrons. The van der Waals surface area contributed by atoms with E-state index in [0.29, 0.717) is 12.5 Å². The number of carboxylic acids is 1. The van der Waals surface area contributed by atoms with E-state index in [1.54, 1.807) is 4.68 Å². The summed E-state index contributed by atoms with van der Waals surface area (Å²) in [6, 6.07) is 0.153. The van der Waals surface area contributed by atoms with Gasteiger partial charge in [-0.25, -0.2) is 9.48 Å². The molecule has 1 N–H and O–H groups in total. The Morgan fingerprint density at radius 1 is 1.41 bits per heavy atom. The predicted molar refractivity (Wildman–Crippen MR) is 58.0 cm³/mol. The van der Waals surface area contributed by atoms with Gasteiger partial charge in [-0.1, -0.05) is 5.21 Å². The molecule has 2 heterocycles. The quantitative estimate of drug-likeness (QED) is 0.854. The van der Waals surface area contributed by atoms with Gasteiger partial charge in [0.1, 0.15) is 0 Å². The van der Waals surface area contributed by atoms with Gasteiger partial charge in [0.25, 0.3) is 0 Å². The van der Waals surface area contributed by atoms with Gasteiger partial charge in [0, 0.05) is 12.5 Å². The van der Waals surface area contributed by atoms with E-state index in [9.17, 15) is 4.79 Å². The number of hydrogen-bond donors (Lipinski definition) is 1. The third-order valence-electron chi connectivity index (χ3n) is 3.38. The van der Waals surface area contributed by atoms with E-state index in [1.165, 1.54) is 0 Å². The molecule has 0 spiro atoms. The lowest BCUT2D eigenvalue weighted by atomic mass is 10.1. The lowest BCUT2D eigenvalue weighted by Crippen LogP contribution is -2.24. The molecule has 2 aliphatic rings. The summed E-state index contributed by atoms with van der Waals surface area (Å²) in [6.45, 7) is 1.40. The fourth-order valence-electron chi connectivity index (χ4n) is 2.38. The minimum atomic E-state index is -0.977. The van der Waals surface area contributed by atoms with Gasteiger partial charge < -0.3 is 9.84 Å². The van der Waals surface area contributed by atoms with E-state index in [4.69, 9.17) is 9.84 Å². The van der Waals surface area contributed by atoms with Crippen LogP contribution in [0.5, 0.6) is 0 Å². The van der Waals surface area contributed by atoms with Crippen molar-refractivity contribution in [3.8, 4) is 0 Å². The second kappa shape index (κ2) is 4.10. The SMILES string of the molecule is O=C(O)c1nnn(C2CCCOC2)c1C1CC1. The van der Waals surface area contributed by atoms with Gasteiger partial charge in [-0.05, 0) is 25.7 Å². The highest BCUT2D eigenvalue weighted by Gasteiger charge is 2.35. The third-order valence-corrected chi connectivity index (χ3v) is 3.38. The molecule has 1 aliphatic heterocycles. The van der Waals surface area contributed by atoms with Crippen LogP contribution >= 0.6 is 0 Å². The zero-order valence-electron chi connectivity index (χ0n) is 9.50. The molecule has 6 nitrogen and oxygen atoms in total. The molecule has 1 saturated carbocycles. The van der Waals surface area contributed by atoms with Crippen LogP contribution in [0.2, 0.25) is 0 Å². The van der Waals surface area contributed by atoms with Crippen molar-refractivity contribution in [1.29, 1.82) is 0 Å². The summed E-state index contributed by atoms with van der Waals surface area (Å²) in [5.41, 5.74) is 0.922. The van der Waals surface area contributed by atoms with Gasteiger partial charge >= 0.3 is 5.97 Å². The molecule has 1 unspecified atom stereocenters. The maximum Gasteiger partial charge on any atom is 0.358 e. The molecule has 3 rings (SSSR count). The monoisotopic (exact) mass is 237 g/mol. The fraction of sp³-hybridized carbons (Fsp3) is 0.727. The number of aromatic nitrogens is 3. The van der Waals surface area contributed by atoms with Gasteiger partial charge in [-0.2, -0.15) is 0 Å². The number of carboxylic acid groups (broad SMARTS) is 1. The van der Waals surface area contributed by atoms with E-state index in [2.05, 4.69) is 10.3 Å². The van der Waals surface area contributed by atoms with Gasteiger partial charge in [0.05, 0.1) is 18.3 Å². The van der Waals surface area contributed by atoms with Crippen LogP contribution in [0.4, 0.5) is 0 Å². The van der Waals surface area contributed by atoms with Crippen molar-refractivity contribution < 1.29 is 14.6 Å². The summed E-state index contributed by atoms with van der Waals surface area (Å²) in [5.74, 6) is -0.645. The maximum atomic E-state index is 11.1. The number of nitrogens with zero attached hydrogens (tertiary/aromatic N) is 3. The van der Waals surface area contributed by atoms with E-state index in [-0.39, 0.29) is 11.7 Å². The van der Waals surface area contributed by atoms with E-state index >= 15 is 0 Å². The van der Waals surface area contributed by atoms with Crippen LogP contribution in [0.1, 0.15) is 53.8 Å². The molecule has 1 aromatic heterocycles. The molecule has 92 valence electrons. The maximum absolute atomic E-state index is 11.1. The highest BCUT2D eigenvalue weighted by Crippen LogP contribution is 2.42. The van der Waals surface area contributed by atoms with Gasteiger partial charge in [0.2, 0.25) is 0 Å². The first-order valence-electron chi connectivity index (χ1n) is 6.03. The summed E-state index contributed by atoms with van der Waals surface area (Å²) in [5, 5.41) is 16.9. The highest BCUT2D eigenvalue weighted by atomic mass is 16.5. The second-order valence-electron chi connectivity index (χ2n) is 4.72. The molecule has 1 atom stereocenters. The molecular formula is C11H15N3O3. The van der Waals surface area contributed by atoms with E-state index in [1.807, 2.05) is 0 Å². The zero-order chi connectivity index (χ0) is 11.8. The summed E-state index contributed by atoms with van der Waals surface area (Å²) >= 11 is 0. The van der Waals surface area contributed by atoms with Crippen molar-refractivity contribution >= 4 is 5.97 Å². The standard InChI is InChI=1S/C11H15N3O3/c15-11(16)9-10(7-3-4-7)14(13-12-9)8-2-1-5-17-6-8/h7-8H,1-6H2,(H,15,16). The number of hydrogen-bond acceptors (Lipinski definition) is 4. The number of ether oxygens (including phenoxy) is 1. The molecule has 1 saturated heterocycles. The normalized spacial score (nSPS) is 24.8. The zero-order valence-corrected chi connectivity index (χ0v) is 9.50. The summed E-state index contributed by atoms with van der Waals surface area (Å²) in [4.78, 5) is 11.1. The van der Waals surface area contributed by atoms with Gasteiger partial charge in [0.15, 0.2) is 5.69 Å². The topological polar surface area (TPSA) is 77.2 Å². The predicted octanol–water partition coefficient (Wildman–Crippen LogP) is 1.21. The van der Waals surface area contributed by atoms with E-state index < -0.39 is 5.97 Å². The Hall–Kier alpha value is -1.43. The van der Waals surface area contributed by atoms with Crippen molar-refractivity contribution in [2.75, 3.05) is 13.2 Å². The van der Waals surface area contributed by atoms with Crippen molar-refractivity contribution in [1.82, 2.24) is 15.0 Å². The smallest absolute Gasteiger partial charge is 0.358 e. The van der Waals surface area contributed by atoms with Crippen molar-refractivity contribution in [2.24, 2.45) is 0 Å². The second-order valence-corrected chi connectivity index (χ2v) is 4.72. The fourth-order valence-corrected chi connectivity index (χ4v) is 2.38. The van der Waals surface area contributed by atoms with Crippen LogP contribution < -0.4 is 0 Å². The molecule has 6 heteroatoms. The molecule has 0 amide bonds. The lowest BCUT2D eigenvalue weighted by Gasteiger charge is -2.23. The first kappa shape index (κ1) is 10.7. The van der Waals surface area contributed by atoms with Crippen LogP contribution in [0.3, 0.4) is 0 Å². The van der Waals surface area contributed by atoms with Crippen molar-refractivity contribution in [3.63, 3.8) is 0 Å². The van der Waals surface area contributed by atoms with Crippen molar-refractivity contribution in [2.45, 2.75) is 37.6 Å². The first-order valence-corrected chi connectivity index (χ1v) is 6.03. The summed E-state index contributed by atoms with van der Waals surface area (Å²) < 4.78 is 7.22. The molecule has 1 aromatic rings. The highest BCUT2D eigenvalue weighted by molar-refractivity contribution is 5.86. The Kier molecular flexibility index (Phi) is 2.58. The average molecular weight is 237 g/mol. The van der Waals surface area contributed by atoms with Crippen LogP contribution in [-0.2, 0) is 4.74 Å². The van der Waals surface area contributed by atoms with E-state index in [0.717, 1.165) is 38.0 Å². The molecule has 2 fully saturated rings. The minimum absolute atomic E-state index is 0.123. The Morgan fingerprint density at radius 3 is 2.82 bits per heavy atom. The van der Waals surface area contributed by atoms with Gasteiger partial charge in [-0.15, -0.1) is 5.10 Å². The molecule has 0 aromatic carbocycles. The molecular weight excluding hydrogens is 222 g/mol. The Balaban J connectivity index is 1.95. The summed E-state index contributed by atoms with van der Waals surface area (Å²) in [6.07, 6.45) is 4.07. The lowest BCUT2D eigenvalue weighted by molar-refractivity contribution is 0.0531. The Bertz CT molecular complexity index is 433. The number of rotatable bonds is 3. The minimum Gasteiger partial charge on any atom is -0.476 e. The number of carbonyl (C=O) groups is 1. The van der Waals surface area contributed by atoms with Gasteiger partial charge in [-0.3, -0.25) is 0 Å². The van der Waals surface area contributed by atoms with Crippen LogP contribution in [0.15, 0.2) is 0 Å². The average Bonchev–Trinajstić information content (AvgIpc) is 3.08. The number of aromatic carboxylic acids is 1. The Labute approximate surface area is 98.6 Å². The molecule has 17 heavy (non-hydrogen) atoms. The summed E-state index contributed by atoms with van der Waals surface area (Å²) in [7, 11) is 0.